The zero-order valence-corrected chi connectivity index (χ0v) is 12.5. The molecule has 0 saturated carbocycles. The van der Waals surface area contributed by atoms with Gasteiger partial charge in [0.2, 0.25) is 0 Å². The first-order valence-corrected chi connectivity index (χ1v) is 6.91. The molecule has 0 amide bonds. The molecule has 0 radical (unpaired) electrons. The number of nitrogens with two attached hydrogens (primary N) is 1. The van der Waals surface area contributed by atoms with Crippen LogP contribution >= 0.6 is 15.9 Å². The van der Waals surface area contributed by atoms with Gasteiger partial charge < -0.3 is 0 Å². The lowest BCUT2D eigenvalue weighted by Crippen LogP contribution is -2.29. The minimum absolute atomic E-state index is 0.299. The second kappa shape index (κ2) is 6.72. The van der Waals surface area contributed by atoms with Crippen molar-refractivity contribution >= 4 is 15.9 Å². The van der Waals surface area contributed by atoms with Crippen LogP contribution < -0.4 is 11.3 Å². The van der Waals surface area contributed by atoms with Crippen LogP contribution in [0.15, 0.2) is 22.7 Å². The van der Waals surface area contributed by atoms with E-state index in [1.165, 1.54) is 6.07 Å². The van der Waals surface area contributed by atoms with Crippen molar-refractivity contribution in [2.75, 3.05) is 0 Å². The summed E-state index contributed by atoms with van der Waals surface area (Å²) in [5.74, 6) is 5.86. The minimum Gasteiger partial charge on any atom is -0.271 e. The Morgan fingerprint density at radius 2 is 2.00 bits per heavy atom. The number of rotatable bonds is 5. The molecule has 3 N–H and O–H groups in total. The maximum atomic E-state index is 12.7. The fourth-order valence-corrected chi connectivity index (χ4v) is 2.36. The van der Waals surface area contributed by atoms with E-state index in [0.717, 1.165) is 18.6 Å². The highest BCUT2D eigenvalue weighted by Gasteiger charge is 2.31. The molecule has 0 aromatic heterocycles. The highest BCUT2D eigenvalue weighted by atomic mass is 79.9. The monoisotopic (exact) mass is 338 g/mol. The summed E-state index contributed by atoms with van der Waals surface area (Å²) in [4.78, 5) is 0. The Morgan fingerprint density at radius 1 is 1.37 bits per heavy atom. The van der Waals surface area contributed by atoms with Gasteiger partial charge in [-0.15, -0.1) is 0 Å². The standard InChI is InChI=1S/C13H18BrF3N2/c1-3-8(2)6-12(19-18)10-7-9(13(15,16)17)4-5-11(10)14/h4-5,7-8,12,19H,3,6,18H2,1-2H3. The number of halogens is 4. The molecule has 0 bridgehead atoms. The van der Waals surface area contributed by atoms with Gasteiger partial charge in [0.1, 0.15) is 0 Å². The summed E-state index contributed by atoms with van der Waals surface area (Å²) in [6.45, 7) is 4.09. The maximum absolute atomic E-state index is 12.7. The first kappa shape index (κ1) is 16.5. The third-order valence-electron chi connectivity index (χ3n) is 3.23. The molecule has 2 unspecified atom stereocenters. The van der Waals surface area contributed by atoms with Gasteiger partial charge in [-0.3, -0.25) is 11.3 Å². The largest absolute Gasteiger partial charge is 0.416 e. The molecule has 0 saturated heterocycles. The van der Waals surface area contributed by atoms with E-state index in [4.69, 9.17) is 5.84 Å². The Hall–Kier alpha value is -0.590. The molecule has 0 aliphatic carbocycles. The lowest BCUT2D eigenvalue weighted by Gasteiger charge is -2.22. The maximum Gasteiger partial charge on any atom is 0.416 e. The summed E-state index contributed by atoms with van der Waals surface area (Å²) in [5, 5.41) is 0. The van der Waals surface area contributed by atoms with Crippen LogP contribution in [-0.4, -0.2) is 0 Å². The van der Waals surface area contributed by atoms with Crippen LogP contribution in [0.2, 0.25) is 0 Å². The molecule has 0 aliphatic rings. The van der Waals surface area contributed by atoms with Gasteiger partial charge >= 0.3 is 6.18 Å². The molecule has 2 nitrogen and oxygen atoms in total. The predicted octanol–water partition coefficient (Wildman–Crippen LogP) is 4.41. The van der Waals surface area contributed by atoms with Crippen molar-refractivity contribution in [2.45, 2.75) is 38.9 Å². The van der Waals surface area contributed by atoms with Crippen molar-refractivity contribution < 1.29 is 13.2 Å². The van der Waals surface area contributed by atoms with E-state index in [2.05, 4.69) is 21.4 Å². The normalized spacial score (nSPS) is 15.3. The molecule has 0 aliphatic heterocycles. The molecule has 1 aromatic carbocycles. The Labute approximate surface area is 119 Å². The number of hydrogen-bond acceptors (Lipinski definition) is 2. The summed E-state index contributed by atoms with van der Waals surface area (Å²) in [5.41, 5.74) is 2.49. The van der Waals surface area contributed by atoms with Crippen LogP contribution in [0.25, 0.3) is 0 Å². The van der Waals surface area contributed by atoms with E-state index in [0.29, 0.717) is 22.4 Å². The van der Waals surface area contributed by atoms with Crippen molar-refractivity contribution in [3.63, 3.8) is 0 Å². The lowest BCUT2D eigenvalue weighted by molar-refractivity contribution is -0.137. The molecule has 0 heterocycles. The predicted molar refractivity (Wildman–Crippen MR) is 73.3 cm³/mol. The van der Waals surface area contributed by atoms with Gasteiger partial charge in [-0.1, -0.05) is 36.2 Å². The van der Waals surface area contributed by atoms with E-state index >= 15 is 0 Å². The zero-order valence-electron chi connectivity index (χ0n) is 10.9. The second-order valence-corrected chi connectivity index (χ2v) is 5.56. The fraction of sp³-hybridized carbons (Fsp3) is 0.538. The fourth-order valence-electron chi connectivity index (χ4n) is 1.84. The Morgan fingerprint density at radius 3 is 2.47 bits per heavy atom. The summed E-state index contributed by atoms with van der Waals surface area (Å²) in [7, 11) is 0. The van der Waals surface area contributed by atoms with E-state index in [1.807, 2.05) is 13.8 Å². The Kier molecular flexibility index (Phi) is 5.82. The van der Waals surface area contributed by atoms with Crippen molar-refractivity contribution in [3.8, 4) is 0 Å². The number of hydrazine groups is 1. The van der Waals surface area contributed by atoms with Crippen LogP contribution in [0.3, 0.4) is 0 Å². The Bertz CT molecular complexity index is 421. The molecular formula is C13H18BrF3N2. The average Bonchev–Trinajstić information content (AvgIpc) is 2.35. The third kappa shape index (κ3) is 4.47. The van der Waals surface area contributed by atoms with Gasteiger partial charge in [0.15, 0.2) is 0 Å². The van der Waals surface area contributed by atoms with E-state index < -0.39 is 11.7 Å². The van der Waals surface area contributed by atoms with E-state index in [9.17, 15) is 13.2 Å². The summed E-state index contributed by atoms with van der Waals surface area (Å²) >= 11 is 3.29. The molecule has 1 aromatic rings. The highest BCUT2D eigenvalue weighted by molar-refractivity contribution is 9.10. The van der Waals surface area contributed by atoms with Crippen LogP contribution in [0.1, 0.15) is 43.9 Å². The van der Waals surface area contributed by atoms with Crippen LogP contribution in [-0.2, 0) is 6.18 Å². The molecule has 2 atom stereocenters. The summed E-state index contributed by atoms with van der Waals surface area (Å²) in [6.07, 6.45) is -2.70. The molecular weight excluding hydrogens is 321 g/mol. The molecule has 6 heteroatoms. The van der Waals surface area contributed by atoms with Crippen LogP contribution in [0.4, 0.5) is 13.2 Å². The quantitative estimate of drug-likeness (QED) is 0.616. The number of hydrogen-bond donors (Lipinski definition) is 2. The SMILES string of the molecule is CCC(C)CC(NN)c1cc(C(F)(F)F)ccc1Br. The Balaban J connectivity index is 3.09. The van der Waals surface area contributed by atoms with Gasteiger partial charge in [-0.05, 0) is 36.1 Å². The number of benzene rings is 1. The van der Waals surface area contributed by atoms with Crippen molar-refractivity contribution in [1.82, 2.24) is 5.43 Å². The second-order valence-electron chi connectivity index (χ2n) is 4.70. The molecule has 0 spiro atoms. The smallest absolute Gasteiger partial charge is 0.271 e. The third-order valence-corrected chi connectivity index (χ3v) is 3.96. The number of alkyl halides is 3. The van der Waals surface area contributed by atoms with Gasteiger partial charge in [0.25, 0.3) is 0 Å². The first-order valence-electron chi connectivity index (χ1n) is 6.12. The van der Waals surface area contributed by atoms with E-state index in [-0.39, 0.29) is 6.04 Å². The first-order chi connectivity index (χ1) is 8.79. The zero-order chi connectivity index (χ0) is 14.6. The van der Waals surface area contributed by atoms with Crippen molar-refractivity contribution in [3.05, 3.63) is 33.8 Å². The van der Waals surface area contributed by atoms with Gasteiger partial charge in [0.05, 0.1) is 5.56 Å². The van der Waals surface area contributed by atoms with Gasteiger partial charge in [-0.2, -0.15) is 13.2 Å². The number of nitrogens with one attached hydrogen (secondary N) is 1. The van der Waals surface area contributed by atoms with Crippen molar-refractivity contribution in [2.24, 2.45) is 11.8 Å². The topological polar surface area (TPSA) is 38.0 Å². The van der Waals surface area contributed by atoms with Gasteiger partial charge in [0, 0.05) is 10.5 Å². The molecule has 0 fully saturated rings. The summed E-state index contributed by atoms with van der Waals surface area (Å²) in [6, 6.07) is 3.33. The van der Waals surface area contributed by atoms with Crippen LogP contribution in [0, 0.1) is 5.92 Å². The molecule has 19 heavy (non-hydrogen) atoms. The summed E-state index contributed by atoms with van der Waals surface area (Å²) < 4.78 is 38.8. The van der Waals surface area contributed by atoms with Crippen molar-refractivity contribution in [1.29, 1.82) is 0 Å². The molecule has 108 valence electrons. The minimum atomic E-state index is -4.34. The average molecular weight is 339 g/mol. The van der Waals surface area contributed by atoms with Gasteiger partial charge in [-0.25, -0.2) is 0 Å². The van der Waals surface area contributed by atoms with Crippen LogP contribution in [0.5, 0.6) is 0 Å². The molecule has 1 rings (SSSR count). The lowest BCUT2D eigenvalue weighted by atomic mass is 9.94. The van der Waals surface area contributed by atoms with E-state index in [1.54, 1.807) is 0 Å². The highest BCUT2D eigenvalue weighted by Crippen LogP contribution is 2.35.